The second-order valence-electron chi connectivity index (χ2n) is 1.94. The summed E-state index contributed by atoms with van der Waals surface area (Å²) < 4.78 is 1.18. The highest BCUT2D eigenvalue weighted by molar-refractivity contribution is 14.1. The van der Waals surface area contributed by atoms with Crippen LogP contribution in [0.25, 0.3) is 0 Å². The van der Waals surface area contributed by atoms with Crippen LogP contribution in [0, 0.1) is 6.92 Å². The van der Waals surface area contributed by atoms with Crippen molar-refractivity contribution in [3.8, 4) is 0 Å². The molecule has 0 fully saturated rings. The molecule has 0 saturated heterocycles. The Morgan fingerprint density at radius 2 is 2.12 bits per heavy atom. The van der Waals surface area contributed by atoms with Gasteiger partial charge in [0, 0.05) is 3.58 Å². The lowest BCUT2D eigenvalue weighted by molar-refractivity contribution is 1.03. The summed E-state index contributed by atoms with van der Waals surface area (Å²) in [5.74, 6) is 0. The van der Waals surface area contributed by atoms with Crippen LogP contribution in [0.1, 0.15) is 12.8 Å². The molecule has 0 atom stereocenters. The fraction of sp³-hybridized carbons (Fsp3) is 0.286. The van der Waals surface area contributed by atoms with Crippen molar-refractivity contribution in [2.45, 2.75) is 12.8 Å². The monoisotopic (exact) mass is 218 g/mol. The van der Waals surface area contributed by atoms with Crippen LogP contribution in [0.15, 0.2) is 21.3 Å². The summed E-state index contributed by atoms with van der Waals surface area (Å²) in [4.78, 5) is 0. The van der Waals surface area contributed by atoms with Crippen LogP contribution in [-0.4, -0.2) is 0 Å². The van der Waals surface area contributed by atoms with Crippen LogP contribution < -0.4 is 0 Å². The highest BCUT2D eigenvalue weighted by Gasteiger charge is 2.10. The minimum Gasteiger partial charge on any atom is -0.0948 e. The van der Waals surface area contributed by atoms with Gasteiger partial charge in [0.2, 0.25) is 0 Å². The molecule has 0 saturated carbocycles. The van der Waals surface area contributed by atoms with E-state index < -0.39 is 0 Å². The zero-order valence-corrected chi connectivity index (χ0v) is 6.73. The van der Waals surface area contributed by atoms with E-state index in [1.165, 1.54) is 9.15 Å². The van der Waals surface area contributed by atoms with Gasteiger partial charge in [-0.3, -0.25) is 0 Å². The molecule has 0 nitrogen and oxygen atoms in total. The number of halogens is 1. The Morgan fingerprint density at radius 3 is 2.25 bits per heavy atom. The molecule has 0 aliphatic heterocycles. The highest BCUT2D eigenvalue weighted by atomic mass is 127. The van der Waals surface area contributed by atoms with Crippen LogP contribution >= 0.6 is 22.6 Å². The van der Waals surface area contributed by atoms with Crippen LogP contribution in [0.4, 0.5) is 0 Å². The van der Waals surface area contributed by atoms with E-state index in [-0.39, 0.29) is 0 Å². The smallest absolute Gasteiger partial charge is 0.0151 e. The summed E-state index contributed by atoms with van der Waals surface area (Å²) in [5, 5.41) is 0. The van der Waals surface area contributed by atoms with E-state index in [1.807, 2.05) is 0 Å². The maximum absolute atomic E-state index is 5.58. The second kappa shape index (κ2) is 2.21. The van der Waals surface area contributed by atoms with Gasteiger partial charge in [-0.15, -0.1) is 0 Å². The van der Waals surface area contributed by atoms with Crippen LogP contribution in [0.3, 0.4) is 0 Å². The average molecular weight is 218 g/mol. The predicted molar refractivity (Wildman–Crippen MR) is 43.7 cm³/mol. The van der Waals surface area contributed by atoms with Gasteiger partial charge in [-0.2, -0.15) is 0 Å². The Bertz CT molecular complexity index is 154. The lowest BCUT2D eigenvalue weighted by atomic mass is 10.2. The summed E-state index contributed by atoms with van der Waals surface area (Å²) in [5.41, 5.74) is 2.21. The van der Waals surface area contributed by atoms with Gasteiger partial charge >= 0.3 is 0 Å². The Balaban J connectivity index is 2.86. The third-order valence-corrected chi connectivity index (χ3v) is 2.74. The van der Waals surface area contributed by atoms with Gasteiger partial charge in [-0.1, -0.05) is 12.2 Å². The van der Waals surface area contributed by atoms with Crippen LogP contribution in [0.5, 0.6) is 0 Å². The van der Waals surface area contributed by atoms with E-state index in [2.05, 4.69) is 29.2 Å². The number of rotatable bonds is 0. The number of allylic oxidation sites excluding steroid dienone is 3. The third kappa shape index (κ3) is 0.966. The molecule has 42 valence electrons. The Labute approximate surface area is 63.8 Å². The molecule has 0 spiro atoms. The zero-order chi connectivity index (χ0) is 6.15. The van der Waals surface area contributed by atoms with Gasteiger partial charge in [0.1, 0.15) is 0 Å². The number of hydrogen-bond donors (Lipinski definition) is 0. The molecule has 0 unspecified atom stereocenters. The molecule has 0 N–H and O–H groups in total. The van der Waals surface area contributed by atoms with Gasteiger partial charge in [-0.25, -0.2) is 0 Å². The van der Waals surface area contributed by atoms with E-state index in [4.69, 9.17) is 6.92 Å². The van der Waals surface area contributed by atoms with Gasteiger partial charge in [0.05, 0.1) is 0 Å². The minimum absolute atomic E-state index is 1.01. The fourth-order valence-corrected chi connectivity index (χ4v) is 1.27. The van der Waals surface area contributed by atoms with Crippen molar-refractivity contribution in [1.82, 2.24) is 0 Å². The normalized spacial score (nSPS) is 20.5. The molecular weight excluding hydrogens is 211 g/mol. The van der Waals surface area contributed by atoms with Crippen molar-refractivity contribution in [3.63, 3.8) is 0 Å². The first-order valence-electron chi connectivity index (χ1n) is 2.54. The van der Waals surface area contributed by atoms with Crippen LogP contribution in [-0.2, 0) is 0 Å². The van der Waals surface area contributed by atoms with Crippen molar-refractivity contribution < 1.29 is 0 Å². The summed E-state index contributed by atoms with van der Waals surface area (Å²) in [6.07, 6.45) is 2.07. The van der Waals surface area contributed by atoms with Crippen LogP contribution in [0.2, 0.25) is 0 Å². The Morgan fingerprint density at radius 1 is 1.50 bits per heavy atom. The first-order chi connectivity index (χ1) is 3.72. The molecule has 0 amide bonds. The van der Waals surface area contributed by atoms with E-state index >= 15 is 0 Å². The Hall–Kier alpha value is 0.210. The van der Waals surface area contributed by atoms with E-state index in [9.17, 15) is 0 Å². The summed E-state index contributed by atoms with van der Waals surface area (Å²) >= 11 is 2.24. The van der Waals surface area contributed by atoms with Gasteiger partial charge in [0.25, 0.3) is 0 Å². The minimum atomic E-state index is 1.01. The molecule has 0 bridgehead atoms. The largest absolute Gasteiger partial charge is 0.0948 e. The molecule has 0 aromatic carbocycles. The summed E-state index contributed by atoms with van der Waals surface area (Å²) in [6, 6.07) is 0. The lowest BCUT2D eigenvalue weighted by Crippen LogP contribution is -1.66. The molecule has 1 rings (SSSR count). The van der Waals surface area contributed by atoms with E-state index in [1.54, 1.807) is 0 Å². The first-order valence-corrected chi connectivity index (χ1v) is 3.62. The standard InChI is InChI=1S/C7H7I/c1-5-3-4-6(2)7(5)8/h1H,2-4H2. The SMILES string of the molecule is [CH]C1=C(I)C(=C)CC1. The Kier molecular flexibility index (Phi) is 1.75. The lowest BCUT2D eigenvalue weighted by Gasteiger charge is -1.88. The molecule has 0 aromatic heterocycles. The molecule has 1 heteroatoms. The van der Waals surface area contributed by atoms with E-state index in [0.29, 0.717) is 0 Å². The molecule has 0 heterocycles. The topological polar surface area (TPSA) is 0 Å². The third-order valence-electron chi connectivity index (χ3n) is 1.29. The molecule has 0 aromatic rings. The zero-order valence-electron chi connectivity index (χ0n) is 4.58. The van der Waals surface area contributed by atoms with Gasteiger partial charge in [-0.05, 0) is 47.9 Å². The molecular formula is C7H7I. The second-order valence-corrected chi connectivity index (χ2v) is 3.02. The maximum Gasteiger partial charge on any atom is 0.0151 e. The quantitative estimate of drug-likeness (QED) is 0.548. The van der Waals surface area contributed by atoms with E-state index in [0.717, 1.165) is 18.4 Å². The van der Waals surface area contributed by atoms with Gasteiger partial charge < -0.3 is 0 Å². The maximum atomic E-state index is 5.58. The fourth-order valence-electron chi connectivity index (χ4n) is 0.732. The average Bonchev–Trinajstić information content (AvgIpc) is 1.98. The van der Waals surface area contributed by atoms with Crippen molar-refractivity contribution in [2.24, 2.45) is 0 Å². The summed E-state index contributed by atoms with van der Waals surface area (Å²) in [7, 11) is 0. The first kappa shape index (κ1) is 6.33. The van der Waals surface area contributed by atoms with Gasteiger partial charge in [0.15, 0.2) is 0 Å². The highest BCUT2D eigenvalue weighted by Crippen LogP contribution is 2.33. The number of hydrogen-bond acceptors (Lipinski definition) is 0. The molecule has 2 radical (unpaired) electrons. The molecule has 1 aliphatic rings. The molecule has 1 aliphatic carbocycles. The van der Waals surface area contributed by atoms with Crippen molar-refractivity contribution in [1.29, 1.82) is 0 Å². The summed E-state index contributed by atoms with van der Waals surface area (Å²) in [6.45, 7) is 9.42. The molecule has 8 heavy (non-hydrogen) atoms. The van der Waals surface area contributed by atoms with Crippen molar-refractivity contribution in [2.75, 3.05) is 0 Å². The van der Waals surface area contributed by atoms with Crippen molar-refractivity contribution in [3.05, 3.63) is 28.2 Å². The predicted octanol–water partition coefficient (Wildman–Crippen LogP) is 2.74. The van der Waals surface area contributed by atoms with Crippen molar-refractivity contribution >= 4 is 22.6 Å².